The van der Waals surface area contributed by atoms with Crippen LogP contribution in [0.1, 0.15) is 17.3 Å². The van der Waals surface area contributed by atoms with Crippen LogP contribution in [0.25, 0.3) is 10.4 Å². The number of rotatable bonds is 7. The van der Waals surface area contributed by atoms with E-state index in [1.54, 1.807) is 12.1 Å². The first-order chi connectivity index (χ1) is 15.9. The predicted molar refractivity (Wildman–Crippen MR) is 121 cm³/mol. The molecule has 0 spiro atoms. The van der Waals surface area contributed by atoms with Crippen molar-refractivity contribution in [2.75, 3.05) is 7.05 Å². The molecule has 2 aromatic rings. The van der Waals surface area contributed by atoms with Crippen LogP contribution in [-0.2, 0) is 14.4 Å². The summed E-state index contributed by atoms with van der Waals surface area (Å²) in [5.74, 6) is -2.93. The van der Waals surface area contributed by atoms with E-state index in [2.05, 4.69) is 15.4 Å². The third-order valence-electron chi connectivity index (χ3n) is 4.62. The molecule has 35 heavy (non-hydrogen) atoms. The summed E-state index contributed by atoms with van der Waals surface area (Å²) in [5.41, 5.74) is 0.393. The Morgan fingerprint density at radius 2 is 1.94 bits per heavy atom. The van der Waals surface area contributed by atoms with Crippen molar-refractivity contribution < 1.29 is 42.2 Å². The molecule has 2 heterocycles. The van der Waals surface area contributed by atoms with E-state index in [-0.39, 0.29) is 29.6 Å². The summed E-state index contributed by atoms with van der Waals surface area (Å²) in [6.07, 6.45) is -2.98. The molecular formula is C21H19F3N3NaO6S. The van der Waals surface area contributed by atoms with Crippen molar-refractivity contribution in [2.24, 2.45) is 0 Å². The van der Waals surface area contributed by atoms with E-state index in [0.29, 0.717) is 15.3 Å². The van der Waals surface area contributed by atoms with E-state index < -0.39 is 54.3 Å². The number of carboxylic acid groups (broad SMARTS) is 1. The van der Waals surface area contributed by atoms with Gasteiger partial charge in [0.05, 0.1) is 12.5 Å². The standard InChI is InChI=1S/C21H18F3N3O6S.Na.H/c1-27-8-7-14(28)18(19(27)31)26-20(32)25-13(10-17(29)30)16-6-5-15(34-16)11-3-2-4-12(9-11)33-21(22,23)24;;/h2-9,13,18H,10H2,1H3,(H,29,30)(H2,25,26,32);;. The second-order valence-corrected chi connectivity index (χ2v) is 8.26. The van der Waals surface area contributed by atoms with Gasteiger partial charge in [0.2, 0.25) is 0 Å². The second-order valence-electron chi connectivity index (χ2n) is 7.15. The van der Waals surface area contributed by atoms with Crippen LogP contribution in [0.3, 0.4) is 0 Å². The number of ether oxygens (including phenoxy) is 1. The summed E-state index contributed by atoms with van der Waals surface area (Å²) in [5, 5.41) is 13.9. The number of carbonyl (C=O) groups is 4. The quantitative estimate of drug-likeness (QED) is 0.380. The molecule has 0 saturated heterocycles. The first-order valence-electron chi connectivity index (χ1n) is 9.66. The van der Waals surface area contributed by atoms with Crippen molar-refractivity contribution in [1.29, 1.82) is 0 Å². The molecule has 182 valence electrons. The van der Waals surface area contributed by atoms with Gasteiger partial charge in [0.25, 0.3) is 5.91 Å². The molecule has 3 rings (SSSR count). The molecule has 1 aromatic heterocycles. The van der Waals surface area contributed by atoms with Gasteiger partial charge in [0.1, 0.15) is 5.75 Å². The van der Waals surface area contributed by atoms with Crippen LogP contribution in [0, 0.1) is 0 Å². The van der Waals surface area contributed by atoms with Gasteiger partial charge in [-0.25, -0.2) is 4.79 Å². The average molecular weight is 521 g/mol. The molecule has 3 N–H and O–H groups in total. The van der Waals surface area contributed by atoms with Crippen LogP contribution >= 0.6 is 11.3 Å². The van der Waals surface area contributed by atoms with Crippen LogP contribution in [0.2, 0.25) is 0 Å². The van der Waals surface area contributed by atoms with Crippen LogP contribution in [-0.4, -0.2) is 82.7 Å². The summed E-state index contributed by atoms with van der Waals surface area (Å²) in [6.45, 7) is 0. The summed E-state index contributed by atoms with van der Waals surface area (Å²) < 4.78 is 41.4. The third kappa shape index (κ3) is 7.82. The van der Waals surface area contributed by atoms with Gasteiger partial charge in [0, 0.05) is 29.1 Å². The summed E-state index contributed by atoms with van der Waals surface area (Å²) >= 11 is 1.06. The number of thiophene rings is 1. The Bertz CT molecular complexity index is 1150. The monoisotopic (exact) mass is 521 g/mol. The number of hydrogen-bond donors (Lipinski definition) is 3. The van der Waals surface area contributed by atoms with E-state index in [0.717, 1.165) is 28.4 Å². The molecule has 9 nitrogen and oxygen atoms in total. The summed E-state index contributed by atoms with van der Waals surface area (Å²) in [4.78, 5) is 49.9. The zero-order chi connectivity index (χ0) is 25.0. The number of amides is 3. The van der Waals surface area contributed by atoms with Gasteiger partial charge in [-0.1, -0.05) is 12.1 Å². The van der Waals surface area contributed by atoms with Crippen molar-refractivity contribution in [2.45, 2.75) is 24.9 Å². The van der Waals surface area contributed by atoms with Crippen molar-refractivity contribution in [3.63, 3.8) is 0 Å². The van der Waals surface area contributed by atoms with E-state index in [4.69, 9.17) is 0 Å². The molecular weight excluding hydrogens is 502 g/mol. The number of aliphatic carboxylic acids is 1. The number of nitrogens with zero attached hydrogens (tertiary/aromatic N) is 1. The fraction of sp³-hybridized carbons (Fsp3) is 0.238. The maximum absolute atomic E-state index is 12.5. The number of halogens is 3. The molecule has 1 aromatic carbocycles. The maximum atomic E-state index is 12.5. The Morgan fingerprint density at radius 3 is 2.60 bits per heavy atom. The number of carboxylic acids is 1. The fourth-order valence-electron chi connectivity index (χ4n) is 3.08. The summed E-state index contributed by atoms with van der Waals surface area (Å²) in [7, 11) is 1.41. The van der Waals surface area contributed by atoms with E-state index in [9.17, 15) is 37.5 Å². The second kappa shape index (κ2) is 11.7. The number of alkyl halides is 3. The van der Waals surface area contributed by atoms with Gasteiger partial charge in [0.15, 0.2) is 11.8 Å². The van der Waals surface area contributed by atoms with Crippen molar-refractivity contribution in [1.82, 2.24) is 15.5 Å². The van der Waals surface area contributed by atoms with E-state index >= 15 is 0 Å². The Labute approximate surface area is 223 Å². The Balaban J connectivity index is 0.00000432. The third-order valence-corrected chi connectivity index (χ3v) is 5.87. The zero-order valence-electron chi connectivity index (χ0n) is 17.5. The number of carbonyl (C=O) groups excluding carboxylic acids is 3. The van der Waals surface area contributed by atoms with Crippen molar-refractivity contribution >= 4 is 64.6 Å². The zero-order valence-corrected chi connectivity index (χ0v) is 18.3. The van der Waals surface area contributed by atoms with Gasteiger partial charge in [-0.05, 0) is 29.8 Å². The van der Waals surface area contributed by atoms with Crippen molar-refractivity contribution in [3.8, 4) is 16.2 Å². The SMILES string of the molecule is CN1C=CC(=O)C(NC(=O)NC(CC(=O)O)c2ccc(-c3cccc(OC(F)(F)F)c3)s2)C1=O.[NaH]. The molecule has 0 saturated carbocycles. The molecule has 1 aliphatic heterocycles. The van der Waals surface area contributed by atoms with Crippen LogP contribution in [0.5, 0.6) is 5.75 Å². The van der Waals surface area contributed by atoms with Gasteiger partial charge >= 0.3 is 47.9 Å². The van der Waals surface area contributed by atoms with E-state index in [1.807, 2.05) is 0 Å². The minimum atomic E-state index is -4.85. The Hall–Kier alpha value is -2.87. The first kappa shape index (κ1) is 28.4. The molecule has 1 aliphatic rings. The summed E-state index contributed by atoms with van der Waals surface area (Å²) in [6, 6.07) is 4.93. The molecule has 0 fully saturated rings. The van der Waals surface area contributed by atoms with Gasteiger partial charge in [-0.15, -0.1) is 24.5 Å². The molecule has 3 amide bonds. The normalized spacial score (nSPS) is 16.3. The number of hydrogen-bond acceptors (Lipinski definition) is 6. The van der Waals surface area contributed by atoms with E-state index in [1.165, 1.54) is 31.4 Å². The van der Waals surface area contributed by atoms with Gasteiger partial charge in [-0.3, -0.25) is 14.4 Å². The minimum absolute atomic E-state index is 0. The Kier molecular flexibility index (Phi) is 9.49. The van der Waals surface area contributed by atoms with Crippen LogP contribution in [0.15, 0.2) is 48.7 Å². The molecule has 14 heteroatoms. The Morgan fingerprint density at radius 1 is 1.23 bits per heavy atom. The van der Waals surface area contributed by atoms with Crippen LogP contribution < -0.4 is 15.4 Å². The molecule has 2 atom stereocenters. The van der Waals surface area contributed by atoms with Crippen LogP contribution in [0.4, 0.5) is 18.0 Å². The molecule has 0 aliphatic carbocycles. The number of nitrogens with one attached hydrogen (secondary N) is 2. The number of likely N-dealkylation sites (N-methyl/N-ethyl adjacent to an activating group) is 1. The van der Waals surface area contributed by atoms with Gasteiger partial charge in [-0.2, -0.15) is 0 Å². The number of ketones is 1. The van der Waals surface area contributed by atoms with Crippen molar-refractivity contribution in [3.05, 3.63) is 53.6 Å². The first-order valence-corrected chi connectivity index (χ1v) is 10.5. The fourth-order valence-corrected chi connectivity index (χ4v) is 4.14. The topological polar surface area (TPSA) is 125 Å². The predicted octanol–water partition coefficient (Wildman–Crippen LogP) is 2.40. The van der Waals surface area contributed by atoms with Gasteiger partial charge < -0.3 is 25.4 Å². The molecule has 0 bridgehead atoms. The number of benzene rings is 1. The molecule has 2 unspecified atom stereocenters. The average Bonchev–Trinajstić information content (AvgIpc) is 3.22. The number of urea groups is 1. The molecule has 0 radical (unpaired) electrons.